The summed E-state index contributed by atoms with van der Waals surface area (Å²) in [5.74, 6) is 0.651. The largest absolute Gasteiger partial charge is 0.356 e. The van der Waals surface area contributed by atoms with Crippen LogP contribution in [0.4, 0.5) is 5.95 Å². The third-order valence-electron chi connectivity index (χ3n) is 3.18. The zero-order valence-electron chi connectivity index (χ0n) is 12.1. The van der Waals surface area contributed by atoms with Crippen molar-refractivity contribution >= 4 is 5.95 Å². The maximum atomic E-state index is 11.7. The first kappa shape index (κ1) is 14.3. The van der Waals surface area contributed by atoms with Crippen molar-refractivity contribution in [1.29, 1.82) is 0 Å². The van der Waals surface area contributed by atoms with Gasteiger partial charge < -0.3 is 9.88 Å². The molecule has 0 radical (unpaired) electrons. The fourth-order valence-electron chi connectivity index (χ4n) is 2.02. The van der Waals surface area contributed by atoms with Crippen molar-refractivity contribution in [2.75, 3.05) is 11.9 Å². The van der Waals surface area contributed by atoms with Crippen LogP contribution in [0.3, 0.4) is 0 Å². The molecule has 0 atom stereocenters. The first-order chi connectivity index (χ1) is 9.70. The normalized spacial score (nSPS) is 10.5. The zero-order valence-corrected chi connectivity index (χ0v) is 12.1. The molecule has 20 heavy (non-hydrogen) atoms. The molecule has 1 aromatic carbocycles. The molecule has 2 rings (SSSR count). The van der Waals surface area contributed by atoms with Gasteiger partial charge in [0.25, 0.3) is 5.56 Å². The monoisotopic (exact) mass is 271 g/mol. The highest BCUT2D eigenvalue weighted by Gasteiger charge is 2.06. The van der Waals surface area contributed by atoms with Crippen molar-refractivity contribution < 1.29 is 0 Å². The number of rotatable bonds is 6. The Morgan fingerprint density at radius 2 is 2.00 bits per heavy atom. The van der Waals surface area contributed by atoms with Crippen molar-refractivity contribution in [1.82, 2.24) is 9.55 Å². The first-order valence-electron chi connectivity index (χ1n) is 7.06. The van der Waals surface area contributed by atoms with E-state index >= 15 is 0 Å². The number of hydrogen-bond acceptors (Lipinski definition) is 3. The van der Waals surface area contributed by atoms with Crippen LogP contribution in [0, 0.1) is 6.92 Å². The second-order valence-corrected chi connectivity index (χ2v) is 4.95. The first-order valence-corrected chi connectivity index (χ1v) is 7.06. The van der Waals surface area contributed by atoms with Gasteiger partial charge in [0.15, 0.2) is 0 Å². The third kappa shape index (κ3) is 3.70. The predicted octanol–water partition coefficient (Wildman–Crippen LogP) is 2.81. The quantitative estimate of drug-likeness (QED) is 0.822. The SMILES string of the molecule is CCCCNc1nc(=O)c(C)cn1Cc1ccccc1. The molecular formula is C16H21N3O. The van der Waals surface area contributed by atoms with Gasteiger partial charge in [-0.25, -0.2) is 0 Å². The van der Waals surface area contributed by atoms with E-state index in [1.807, 2.05) is 29.0 Å². The van der Waals surface area contributed by atoms with Crippen LogP contribution >= 0.6 is 0 Å². The smallest absolute Gasteiger partial charge is 0.277 e. The number of hydrogen-bond donors (Lipinski definition) is 1. The van der Waals surface area contributed by atoms with Gasteiger partial charge in [-0.2, -0.15) is 4.98 Å². The molecule has 106 valence electrons. The van der Waals surface area contributed by atoms with Crippen LogP contribution in [-0.2, 0) is 6.54 Å². The number of nitrogens with zero attached hydrogens (tertiary/aromatic N) is 2. The Hall–Kier alpha value is -2.10. The van der Waals surface area contributed by atoms with Gasteiger partial charge in [-0.15, -0.1) is 0 Å². The molecule has 0 aliphatic rings. The summed E-state index contributed by atoms with van der Waals surface area (Å²) in [6, 6.07) is 10.2. The van der Waals surface area contributed by atoms with Gasteiger partial charge in [0.2, 0.25) is 5.95 Å². The van der Waals surface area contributed by atoms with Gasteiger partial charge in [-0.3, -0.25) is 4.79 Å². The highest BCUT2D eigenvalue weighted by molar-refractivity contribution is 5.29. The standard InChI is InChI=1S/C16H21N3O/c1-3-4-10-17-16-18-15(20)13(2)11-19(16)12-14-8-6-5-7-9-14/h5-9,11H,3-4,10,12H2,1-2H3,(H,17,18,20). The van der Waals surface area contributed by atoms with Gasteiger partial charge in [-0.05, 0) is 18.9 Å². The molecule has 2 aromatic rings. The van der Waals surface area contributed by atoms with Crippen molar-refractivity contribution in [2.45, 2.75) is 33.2 Å². The molecular weight excluding hydrogens is 250 g/mol. The lowest BCUT2D eigenvalue weighted by Gasteiger charge is -2.14. The van der Waals surface area contributed by atoms with Crippen molar-refractivity contribution in [2.24, 2.45) is 0 Å². The summed E-state index contributed by atoms with van der Waals surface area (Å²) in [6.45, 7) is 5.48. The Labute approximate surface area is 119 Å². The lowest BCUT2D eigenvalue weighted by molar-refractivity contribution is 0.742. The maximum absolute atomic E-state index is 11.7. The summed E-state index contributed by atoms with van der Waals surface area (Å²) >= 11 is 0. The highest BCUT2D eigenvalue weighted by Crippen LogP contribution is 2.08. The van der Waals surface area contributed by atoms with Gasteiger partial charge >= 0.3 is 0 Å². The van der Waals surface area contributed by atoms with Gasteiger partial charge in [0.05, 0.1) is 6.54 Å². The van der Waals surface area contributed by atoms with Crippen molar-refractivity contribution in [3.8, 4) is 0 Å². The molecule has 4 heteroatoms. The van der Waals surface area contributed by atoms with E-state index in [1.165, 1.54) is 5.56 Å². The minimum atomic E-state index is -0.159. The molecule has 0 fully saturated rings. The Bertz CT molecular complexity index is 605. The molecule has 1 aromatic heterocycles. The Kier molecular flexibility index (Phi) is 4.93. The second-order valence-electron chi connectivity index (χ2n) is 4.95. The molecule has 1 N–H and O–H groups in total. The topological polar surface area (TPSA) is 46.9 Å². The van der Waals surface area contributed by atoms with E-state index in [0.29, 0.717) is 18.1 Å². The van der Waals surface area contributed by atoms with Crippen LogP contribution < -0.4 is 10.9 Å². The Balaban J connectivity index is 2.25. The summed E-state index contributed by atoms with van der Waals surface area (Å²) in [4.78, 5) is 15.8. The average molecular weight is 271 g/mol. The second kappa shape index (κ2) is 6.89. The Morgan fingerprint density at radius 1 is 1.25 bits per heavy atom. The summed E-state index contributed by atoms with van der Waals surface area (Å²) in [7, 11) is 0. The fraction of sp³-hybridized carbons (Fsp3) is 0.375. The minimum Gasteiger partial charge on any atom is -0.356 e. The summed E-state index contributed by atoms with van der Waals surface area (Å²) in [5, 5.41) is 3.25. The number of benzene rings is 1. The molecule has 0 saturated heterocycles. The molecule has 0 saturated carbocycles. The van der Waals surface area contributed by atoms with E-state index in [2.05, 4.69) is 29.4 Å². The average Bonchev–Trinajstić information content (AvgIpc) is 2.45. The molecule has 1 heterocycles. The van der Waals surface area contributed by atoms with Gasteiger partial charge in [0, 0.05) is 18.3 Å². The van der Waals surface area contributed by atoms with Crippen LogP contribution in [0.2, 0.25) is 0 Å². The van der Waals surface area contributed by atoms with E-state index in [4.69, 9.17) is 0 Å². The molecule has 4 nitrogen and oxygen atoms in total. The molecule has 0 aliphatic carbocycles. The maximum Gasteiger partial charge on any atom is 0.277 e. The molecule has 0 unspecified atom stereocenters. The molecule has 0 bridgehead atoms. The highest BCUT2D eigenvalue weighted by atomic mass is 16.1. The number of anilines is 1. The van der Waals surface area contributed by atoms with Gasteiger partial charge in [0.1, 0.15) is 0 Å². The zero-order chi connectivity index (χ0) is 14.4. The number of aryl methyl sites for hydroxylation is 1. The van der Waals surface area contributed by atoms with E-state index in [1.54, 1.807) is 6.92 Å². The number of aromatic nitrogens is 2. The number of nitrogens with one attached hydrogen (secondary N) is 1. The Morgan fingerprint density at radius 3 is 2.70 bits per heavy atom. The van der Waals surface area contributed by atoms with Gasteiger partial charge in [-0.1, -0.05) is 43.7 Å². The van der Waals surface area contributed by atoms with Crippen LogP contribution in [0.1, 0.15) is 30.9 Å². The summed E-state index contributed by atoms with van der Waals surface area (Å²) in [5.41, 5.74) is 1.70. The van der Waals surface area contributed by atoms with Crippen LogP contribution in [-0.4, -0.2) is 16.1 Å². The lowest BCUT2D eigenvalue weighted by atomic mass is 10.2. The van der Waals surface area contributed by atoms with Crippen LogP contribution in [0.5, 0.6) is 0 Å². The van der Waals surface area contributed by atoms with E-state index < -0.39 is 0 Å². The minimum absolute atomic E-state index is 0.159. The molecule has 0 aliphatic heterocycles. The molecule has 0 spiro atoms. The van der Waals surface area contributed by atoms with E-state index in [0.717, 1.165) is 19.4 Å². The van der Waals surface area contributed by atoms with Crippen molar-refractivity contribution in [3.05, 3.63) is 58.0 Å². The predicted molar refractivity (Wildman–Crippen MR) is 82.2 cm³/mol. The van der Waals surface area contributed by atoms with Crippen LogP contribution in [0.25, 0.3) is 0 Å². The summed E-state index contributed by atoms with van der Waals surface area (Å²) in [6.07, 6.45) is 4.05. The molecule has 0 amide bonds. The number of unbranched alkanes of at least 4 members (excludes halogenated alkanes) is 1. The van der Waals surface area contributed by atoms with Crippen molar-refractivity contribution in [3.63, 3.8) is 0 Å². The van der Waals surface area contributed by atoms with E-state index in [-0.39, 0.29) is 5.56 Å². The third-order valence-corrected chi connectivity index (χ3v) is 3.18. The van der Waals surface area contributed by atoms with E-state index in [9.17, 15) is 4.79 Å². The van der Waals surface area contributed by atoms with Crippen LogP contribution in [0.15, 0.2) is 41.3 Å². The fourth-order valence-corrected chi connectivity index (χ4v) is 2.02. The lowest BCUT2D eigenvalue weighted by Crippen LogP contribution is -2.21. The summed E-state index contributed by atoms with van der Waals surface area (Å²) < 4.78 is 2.00.